The Hall–Kier alpha value is -2.21. The van der Waals surface area contributed by atoms with Crippen molar-refractivity contribution in [2.24, 2.45) is 0 Å². The summed E-state index contributed by atoms with van der Waals surface area (Å²) in [5.74, 6) is -0.220. The van der Waals surface area contributed by atoms with E-state index in [0.29, 0.717) is 17.3 Å². The number of nitrogens with zero attached hydrogens (tertiary/aromatic N) is 3. The molecule has 3 heterocycles. The molecule has 2 aromatic rings. The highest BCUT2D eigenvalue weighted by molar-refractivity contribution is 5.92. The van der Waals surface area contributed by atoms with Gasteiger partial charge in [0.15, 0.2) is 0 Å². The third-order valence-corrected chi connectivity index (χ3v) is 5.42. The second-order valence-corrected chi connectivity index (χ2v) is 6.99. The highest BCUT2D eigenvalue weighted by Crippen LogP contribution is 2.30. The number of carbonyl (C=O) groups is 1. The number of carbonyl (C=O) groups excluding carboxylic acids is 1. The number of benzene rings is 1. The van der Waals surface area contributed by atoms with Crippen molar-refractivity contribution in [2.45, 2.75) is 37.8 Å². The average molecular weight is 343 g/mol. The fourth-order valence-corrected chi connectivity index (χ4v) is 4.17. The standard InChI is InChI=1S/C19H22FN3O2/c1-22-9-3-7-16(22)17-8-4-10-23(17)19(24)18-12-15(21-25-18)13-5-2-6-14(20)11-13/h2,5-6,11-12,16-17H,3-4,7-10H2,1H3/t16-,17+/m1/s1. The molecule has 6 heteroatoms. The summed E-state index contributed by atoms with van der Waals surface area (Å²) in [6.07, 6.45) is 4.37. The smallest absolute Gasteiger partial charge is 0.292 e. The molecule has 0 saturated carbocycles. The molecule has 0 aliphatic carbocycles. The van der Waals surface area contributed by atoms with Crippen LogP contribution in [0.5, 0.6) is 0 Å². The third-order valence-electron chi connectivity index (χ3n) is 5.42. The van der Waals surface area contributed by atoms with E-state index in [1.165, 1.54) is 18.6 Å². The maximum atomic E-state index is 13.4. The topological polar surface area (TPSA) is 49.6 Å². The zero-order chi connectivity index (χ0) is 17.4. The van der Waals surface area contributed by atoms with Crippen LogP contribution in [-0.2, 0) is 0 Å². The van der Waals surface area contributed by atoms with Crippen molar-refractivity contribution in [3.8, 4) is 11.3 Å². The maximum absolute atomic E-state index is 13.4. The van der Waals surface area contributed by atoms with Gasteiger partial charge in [-0.25, -0.2) is 4.39 Å². The van der Waals surface area contributed by atoms with Crippen LogP contribution in [0.25, 0.3) is 11.3 Å². The van der Waals surface area contributed by atoms with E-state index in [4.69, 9.17) is 4.52 Å². The fourth-order valence-electron chi connectivity index (χ4n) is 4.17. The Balaban J connectivity index is 1.54. The van der Waals surface area contributed by atoms with Gasteiger partial charge in [0, 0.05) is 30.3 Å². The van der Waals surface area contributed by atoms with Crippen molar-refractivity contribution in [1.82, 2.24) is 15.0 Å². The first-order chi connectivity index (χ1) is 12.1. The Bertz CT molecular complexity index is 776. The molecule has 2 atom stereocenters. The number of likely N-dealkylation sites (tertiary alicyclic amines) is 2. The van der Waals surface area contributed by atoms with Crippen LogP contribution in [0.3, 0.4) is 0 Å². The second-order valence-electron chi connectivity index (χ2n) is 6.99. The number of rotatable bonds is 3. The zero-order valence-corrected chi connectivity index (χ0v) is 14.3. The Morgan fingerprint density at radius 2 is 2.00 bits per heavy atom. The lowest BCUT2D eigenvalue weighted by atomic mass is 10.0. The van der Waals surface area contributed by atoms with E-state index >= 15 is 0 Å². The highest BCUT2D eigenvalue weighted by atomic mass is 19.1. The molecule has 0 N–H and O–H groups in total. The first-order valence-electron chi connectivity index (χ1n) is 8.87. The number of halogens is 1. The largest absolute Gasteiger partial charge is 0.350 e. The van der Waals surface area contributed by atoms with Crippen LogP contribution in [0.4, 0.5) is 4.39 Å². The molecule has 2 aliphatic heterocycles. The minimum atomic E-state index is -0.336. The van der Waals surface area contributed by atoms with Gasteiger partial charge in [0.1, 0.15) is 11.5 Å². The van der Waals surface area contributed by atoms with Crippen molar-refractivity contribution in [3.05, 3.63) is 41.9 Å². The number of likely N-dealkylation sites (N-methyl/N-ethyl adjacent to an activating group) is 1. The van der Waals surface area contributed by atoms with Gasteiger partial charge >= 0.3 is 0 Å². The van der Waals surface area contributed by atoms with E-state index in [1.807, 2.05) is 4.90 Å². The molecule has 1 amide bonds. The van der Waals surface area contributed by atoms with Crippen LogP contribution in [0.15, 0.2) is 34.9 Å². The predicted octanol–water partition coefficient (Wildman–Crippen LogP) is 3.18. The third kappa shape index (κ3) is 3.06. The molecule has 2 saturated heterocycles. The summed E-state index contributed by atoms with van der Waals surface area (Å²) in [7, 11) is 2.13. The molecule has 1 aromatic carbocycles. The first kappa shape index (κ1) is 16.3. The lowest BCUT2D eigenvalue weighted by molar-refractivity contribution is 0.0623. The van der Waals surface area contributed by atoms with Crippen molar-refractivity contribution in [3.63, 3.8) is 0 Å². The predicted molar refractivity (Wildman–Crippen MR) is 91.6 cm³/mol. The summed E-state index contributed by atoms with van der Waals surface area (Å²) in [5, 5.41) is 3.96. The number of hydrogen-bond donors (Lipinski definition) is 0. The van der Waals surface area contributed by atoms with Crippen molar-refractivity contribution >= 4 is 5.91 Å². The quantitative estimate of drug-likeness (QED) is 0.859. The van der Waals surface area contributed by atoms with Crippen molar-refractivity contribution in [1.29, 1.82) is 0 Å². The summed E-state index contributed by atoms with van der Waals surface area (Å²) in [5.41, 5.74) is 1.09. The molecule has 0 unspecified atom stereocenters. The van der Waals surface area contributed by atoms with Crippen molar-refractivity contribution in [2.75, 3.05) is 20.1 Å². The van der Waals surface area contributed by atoms with E-state index < -0.39 is 0 Å². The molecule has 0 bridgehead atoms. The monoisotopic (exact) mass is 343 g/mol. The van der Waals surface area contributed by atoms with E-state index in [1.54, 1.807) is 18.2 Å². The number of aromatic nitrogens is 1. The van der Waals surface area contributed by atoms with E-state index in [0.717, 1.165) is 32.4 Å². The Labute approximate surface area is 146 Å². The highest BCUT2D eigenvalue weighted by Gasteiger charge is 2.39. The summed E-state index contributed by atoms with van der Waals surface area (Å²) in [6, 6.07) is 8.42. The van der Waals surface area contributed by atoms with Gasteiger partial charge in [-0.3, -0.25) is 4.79 Å². The average Bonchev–Trinajstić information content (AvgIpc) is 3.34. The van der Waals surface area contributed by atoms with Crippen molar-refractivity contribution < 1.29 is 13.7 Å². The van der Waals surface area contributed by atoms with Gasteiger partial charge in [0.05, 0.1) is 0 Å². The number of hydrogen-bond acceptors (Lipinski definition) is 4. The van der Waals surface area contributed by atoms with Gasteiger partial charge in [-0.15, -0.1) is 0 Å². The van der Waals surface area contributed by atoms with Crippen LogP contribution >= 0.6 is 0 Å². The zero-order valence-electron chi connectivity index (χ0n) is 14.3. The molecule has 2 aliphatic rings. The summed E-state index contributed by atoms with van der Waals surface area (Å²) < 4.78 is 18.7. The van der Waals surface area contributed by atoms with Gasteiger partial charge in [0.25, 0.3) is 5.91 Å². The Kier molecular flexibility index (Phi) is 4.29. The van der Waals surface area contributed by atoms with E-state index in [9.17, 15) is 9.18 Å². The lowest BCUT2D eigenvalue weighted by Gasteiger charge is -2.32. The molecule has 0 radical (unpaired) electrons. The molecular weight excluding hydrogens is 321 g/mol. The van der Waals surface area contributed by atoms with E-state index in [2.05, 4.69) is 17.1 Å². The first-order valence-corrected chi connectivity index (χ1v) is 8.87. The summed E-state index contributed by atoms with van der Waals surface area (Å²) in [4.78, 5) is 17.2. The molecule has 5 nitrogen and oxygen atoms in total. The van der Waals surface area contributed by atoms with Crippen LogP contribution < -0.4 is 0 Å². The lowest BCUT2D eigenvalue weighted by Crippen LogP contribution is -2.47. The van der Waals surface area contributed by atoms with Gasteiger partial charge in [-0.2, -0.15) is 0 Å². The Morgan fingerprint density at radius 3 is 2.76 bits per heavy atom. The SMILES string of the molecule is CN1CCC[C@@H]1[C@@H]1CCCN1C(=O)c1cc(-c2cccc(F)c2)no1. The Morgan fingerprint density at radius 1 is 1.20 bits per heavy atom. The van der Waals surface area contributed by atoms with E-state index in [-0.39, 0.29) is 23.5 Å². The summed E-state index contributed by atoms with van der Waals surface area (Å²) >= 11 is 0. The molecule has 4 rings (SSSR count). The molecule has 1 aromatic heterocycles. The molecular formula is C19H22FN3O2. The maximum Gasteiger partial charge on any atom is 0.292 e. The van der Waals surface area contributed by atoms with Crippen LogP contribution in [-0.4, -0.2) is 53.1 Å². The summed E-state index contributed by atoms with van der Waals surface area (Å²) in [6.45, 7) is 1.85. The van der Waals surface area contributed by atoms with Gasteiger partial charge < -0.3 is 14.3 Å². The second kappa shape index (κ2) is 6.59. The molecule has 0 spiro atoms. The van der Waals surface area contributed by atoms with Gasteiger partial charge in [-0.1, -0.05) is 17.3 Å². The normalized spacial score (nSPS) is 24.2. The van der Waals surface area contributed by atoms with Crippen LogP contribution in [0, 0.1) is 5.82 Å². The van der Waals surface area contributed by atoms with Crippen LogP contribution in [0.2, 0.25) is 0 Å². The van der Waals surface area contributed by atoms with Gasteiger partial charge in [0.2, 0.25) is 5.76 Å². The molecule has 25 heavy (non-hydrogen) atoms. The molecule has 132 valence electrons. The number of amides is 1. The minimum absolute atomic E-state index is 0.113. The van der Waals surface area contributed by atoms with Gasteiger partial charge in [-0.05, 0) is 51.4 Å². The fraction of sp³-hybridized carbons (Fsp3) is 0.474. The molecule has 2 fully saturated rings. The minimum Gasteiger partial charge on any atom is -0.350 e. The van der Waals surface area contributed by atoms with Crippen LogP contribution in [0.1, 0.15) is 36.2 Å².